The number of aryl methyl sites for hydroxylation is 1. The Kier molecular flexibility index (Phi) is 5.24. The number of rotatable bonds is 6. The van der Waals surface area contributed by atoms with Crippen LogP contribution in [-0.2, 0) is 6.61 Å². The standard InChI is InChI=1S/C23H21NO5/c1-15-5-3-4-6-19(15)27-13-17-11-16(7-9-20(17)26-2)23(25)24-18-8-10-21-22(12-18)29-14-28-21/h3-12H,13-14H2,1-2H3,(H,24,25). The molecule has 1 amide bonds. The molecule has 1 heterocycles. The van der Waals surface area contributed by atoms with Gasteiger partial charge in [0, 0.05) is 22.9 Å². The van der Waals surface area contributed by atoms with E-state index in [1.165, 1.54) is 0 Å². The molecule has 3 aromatic carbocycles. The van der Waals surface area contributed by atoms with Gasteiger partial charge in [-0.3, -0.25) is 4.79 Å². The molecule has 1 aliphatic rings. The van der Waals surface area contributed by atoms with E-state index in [2.05, 4.69) is 5.32 Å². The predicted molar refractivity (Wildman–Crippen MR) is 109 cm³/mol. The summed E-state index contributed by atoms with van der Waals surface area (Å²) < 4.78 is 22.0. The van der Waals surface area contributed by atoms with Crippen molar-refractivity contribution >= 4 is 11.6 Å². The molecule has 148 valence electrons. The molecule has 1 N–H and O–H groups in total. The highest BCUT2D eigenvalue weighted by Gasteiger charge is 2.16. The number of carbonyl (C=O) groups excluding carboxylic acids is 1. The van der Waals surface area contributed by atoms with E-state index in [0.29, 0.717) is 35.1 Å². The minimum Gasteiger partial charge on any atom is -0.496 e. The van der Waals surface area contributed by atoms with Gasteiger partial charge in [-0.15, -0.1) is 0 Å². The Morgan fingerprint density at radius 1 is 1.00 bits per heavy atom. The lowest BCUT2D eigenvalue weighted by atomic mass is 10.1. The van der Waals surface area contributed by atoms with Crippen LogP contribution in [-0.4, -0.2) is 19.8 Å². The Morgan fingerprint density at radius 3 is 2.66 bits per heavy atom. The number of hydrogen-bond donors (Lipinski definition) is 1. The normalized spacial score (nSPS) is 11.8. The molecular formula is C23H21NO5. The van der Waals surface area contributed by atoms with Gasteiger partial charge < -0.3 is 24.3 Å². The molecule has 3 aromatic rings. The number of benzene rings is 3. The van der Waals surface area contributed by atoms with Gasteiger partial charge in [-0.1, -0.05) is 18.2 Å². The highest BCUT2D eigenvalue weighted by atomic mass is 16.7. The number of fused-ring (bicyclic) bond motifs is 1. The molecule has 0 atom stereocenters. The molecule has 0 unspecified atom stereocenters. The maximum atomic E-state index is 12.7. The second kappa shape index (κ2) is 8.14. The Bertz CT molecular complexity index is 1050. The first-order chi connectivity index (χ1) is 14.1. The number of ether oxygens (including phenoxy) is 4. The molecule has 0 saturated carbocycles. The molecular weight excluding hydrogens is 370 g/mol. The summed E-state index contributed by atoms with van der Waals surface area (Å²) in [5, 5.41) is 2.88. The molecule has 0 aliphatic carbocycles. The average molecular weight is 391 g/mol. The number of anilines is 1. The van der Waals surface area contributed by atoms with Crippen molar-refractivity contribution in [3.05, 3.63) is 77.4 Å². The Hall–Kier alpha value is -3.67. The van der Waals surface area contributed by atoms with Crippen molar-refractivity contribution in [2.75, 3.05) is 19.2 Å². The second-order valence-electron chi connectivity index (χ2n) is 6.60. The Morgan fingerprint density at radius 2 is 1.83 bits per heavy atom. The predicted octanol–water partition coefficient (Wildman–Crippen LogP) is 4.56. The van der Waals surface area contributed by atoms with Crippen molar-refractivity contribution in [2.24, 2.45) is 0 Å². The third-order valence-corrected chi connectivity index (χ3v) is 4.65. The van der Waals surface area contributed by atoms with Gasteiger partial charge in [0.1, 0.15) is 18.1 Å². The number of carbonyl (C=O) groups is 1. The average Bonchev–Trinajstić information content (AvgIpc) is 3.21. The fraction of sp³-hybridized carbons (Fsp3) is 0.174. The molecule has 1 aliphatic heterocycles. The van der Waals surface area contributed by atoms with E-state index in [-0.39, 0.29) is 12.7 Å². The van der Waals surface area contributed by atoms with Gasteiger partial charge >= 0.3 is 0 Å². The van der Waals surface area contributed by atoms with E-state index in [4.69, 9.17) is 18.9 Å². The first-order valence-electron chi connectivity index (χ1n) is 9.20. The van der Waals surface area contributed by atoms with Crippen LogP contribution < -0.4 is 24.3 Å². The van der Waals surface area contributed by atoms with Crippen LogP contribution in [0.3, 0.4) is 0 Å². The summed E-state index contributed by atoms with van der Waals surface area (Å²) in [4.78, 5) is 12.7. The molecule has 6 nitrogen and oxygen atoms in total. The largest absolute Gasteiger partial charge is 0.496 e. The van der Waals surface area contributed by atoms with Crippen LogP contribution in [0.15, 0.2) is 60.7 Å². The second-order valence-corrected chi connectivity index (χ2v) is 6.60. The monoisotopic (exact) mass is 391 g/mol. The zero-order valence-corrected chi connectivity index (χ0v) is 16.2. The molecule has 0 bridgehead atoms. The maximum Gasteiger partial charge on any atom is 0.255 e. The number of para-hydroxylation sites is 1. The van der Waals surface area contributed by atoms with Crippen molar-refractivity contribution in [2.45, 2.75) is 13.5 Å². The molecule has 4 rings (SSSR count). The first kappa shape index (κ1) is 18.7. The fourth-order valence-corrected chi connectivity index (χ4v) is 3.08. The number of nitrogens with one attached hydrogen (secondary N) is 1. The van der Waals surface area contributed by atoms with Crippen LogP contribution in [0.25, 0.3) is 0 Å². The minimum absolute atomic E-state index is 0.190. The smallest absolute Gasteiger partial charge is 0.255 e. The van der Waals surface area contributed by atoms with Crippen molar-refractivity contribution < 1.29 is 23.7 Å². The van der Waals surface area contributed by atoms with Crippen LogP contribution in [0.5, 0.6) is 23.0 Å². The van der Waals surface area contributed by atoms with E-state index in [9.17, 15) is 4.79 Å². The minimum atomic E-state index is -0.233. The van der Waals surface area contributed by atoms with Crippen molar-refractivity contribution in [3.8, 4) is 23.0 Å². The van der Waals surface area contributed by atoms with Gasteiger partial charge in [-0.2, -0.15) is 0 Å². The van der Waals surface area contributed by atoms with E-state index in [1.807, 2.05) is 31.2 Å². The summed E-state index contributed by atoms with van der Waals surface area (Å²) in [7, 11) is 1.60. The van der Waals surface area contributed by atoms with Gasteiger partial charge in [-0.05, 0) is 48.9 Å². The number of amides is 1. The summed E-state index contributed by atoms with van der Waals surface area (Å²) in [6, 6.07) is 18.3. The lowest BCUT2D eigenvalue weighted by Gasteiger charge is -2.13. The van der Waals surface area contributed by atoms with Gasteiger partial charge in [0.05, 0.1) is 7.11 Å². The third-order valence-electron chi connectivity index (χ3n) is 4.65. The van der Waals surface area contributed by atoms with Crippen molar-refractivity contribution in [3.63, 3.8) is 0 Å². The molecule has 0 spiro atoms. The van der Waals surface area contributed by atoms with E-state index >= 15 is 0 Å². The summed E-state index contributed by atoms with van der Waals surface area (Å²) in [5.74, 6) is 2.51. The zero-order chi connectivity index (χ0) is 20.2. The van der Waals surface area contributed by atoms with Gasteiger partial charge in [0.2, 0.25) is 6.79 Å². The van der Waals surface area contributed by atoms with E-state index in [0.717, 1.165) is 16.9 Å². The lowest BCUT2D eigenvalue weighted by Crippen LogP contribution is -2.13. The highest BCUT2D eigenvalue weighted by Crippen LogP contribution is 2.34. The van der Waals surface area contributed by atoms with Gasteiger partial charge in [-0.25, -0.2) is 0 Å². The topological polar surface area (TPSA) is 66.0 Å². The van der Waals surface area contributed by atoms with Gasteiger partial charge in [0.25, 0.3) is 5.91 Å². The van der Waals surface area contributed by atoms with Crippen LogP contribution in [0.2, 0.25) is 0 Å². The molecule has 0 fully saturated rings. The van der Waals surface area contributed by atoms with Crippen LogP contribution >= 0.6 is 0 Å². The fourth-order valence-electron chi connectivity index (χ4n) is 3.08. The zero-order valence-electron chi connectivity index (χ0n) is 16.2. The summed E-state index contributed by atoms with van der Waals surface area (Å²) in [6.07, 6.45) is 0. The van der Waals surface area contributed by atoms with Crippen molar-refractivity contribution in [1.82, 2.24) is 0 Å². The Labute approximate surface area is 169 Å². The third kappa shape index (κ3) is 4.11. The van der Waals surface area contributed by atoms with Gasteiger partial charge in [0.15, 0.2) is 11.5 Å². The molecule has 6 heteroatoms. The van der Waals surface area contributed by atoms with Crippen LogP contribution in [0, 0.1) is 6.92 Å². The summed E-state index contributed by atoms with van der Waals surface area (Å²) in [6.45, 7) is 2.47. The highest BCUT2D eigenvalue weighted by molar-refractivity contribution is 6.04. The molecule has 0 radical (unpaired) electrons. The maximum absolute atomic E-state index is 12.7. The Balaban J connectivity index is 1.51. The SMILES string of the molecule is COc1ccc(C(=O)Nc2ccc3c(c2)OCO3)cc1COc1ccccc1C. The molecule has 0 saturated heterocycles. The summed E-state index contributed by atoms with van der Waals surface area (Å²) >= 11 is 0. The number of methoxy groups -OCH3 is 1. The molecule has 29 heavy (non-hydrogen) atoms. The quantitative estimate of drug-likeness (QED) is 0.667. The summed E-state index contributed by atoms with van der Waals surface area (Å²) in [5.41, 5.74) is 2.97. The first-order valence-corrected chi connectivity index (χ1v) is 9.20. The lowest BCUT2D eigenvalue weighted by molar-refractivity contribution is 0.102. The van der Waals surface area contributed by atoms with Crippen LogP contribution in [0.1, 0.15) is 21.5 Å². The molecule has 0 aromatic heterocycles. The van der Waals surface area contributed by atoms with E-state index < -0.39 is 0 Å². The number of hydrogen-bond acceptors (Lipinski definition) is 5. The van der Waals surface area contributed by atoms with Crippen molar-refractivity contribution in [1.29, 1.82) is 0 Å². The van der Waals surface area contributed by atoms with E-state index in [1.54, 1.807) is 43.5 Å². The van der Waals surface area contributed by atoms with Crippen LogP contribution in [0.4, 0.5) is 5.69 Å².